The molecule has 26 heavy (non-hydrogen) atoms. The summed E-state index contributed by atoms with van der Waals surface area (Å²) in [6.07, 6.45) is 2.68. The fourth-order valence-corrected chi connectivity index (χ4v) is 3.47. The molecule has 2 heterocycles. The van der Waals surface area contributed by atoms with E-state index in [4.69, 9.17) is 4.74 Å². The molecule has 1 aliphatic rings. The lowest BCUT2D eigenvalue weighted by Gasteiger charge is -2.23. The predicted molar refractivity (Wildman–Crippen MR) is 99.7 cm³/mol. The highest BCUT2D eigenvalue weighted by atomic mass is 19.1. The van der Waals surface area contributed by atoms with Gasteiger partial charge in [-0.25, -0.2) is 9.37 Å². The summed E-state index contributed by atoms with van der Waals surface area (Å²) in [5.41, 5.74) is 4.65. The molecular formula is C21H22FN3O. The van der Waals surface area contributed by atoms with E-state index in [9.17, 15) is 4.39 Å². The van der Waals surface area contributed by atoms with Crippen molar-refractivity contribution in [1.82, 2.24) is 15.3 Å². The summed E-state index contributed by atoms with van der Waals surface area (Å²) in [6, 6.07) is 13.0. The minimum absolute atomic E-state index is 0.0145. The normalized spacial score (nSPS) is 16.5. The van der Waals surface area contributed by atoms with E-state index >= 15 is 0 Å². The van der Waals surface area contributed by atoms with E-state index in [0.717, 1.165) is 29.8 Å². The summed E-state index contributed by atoms with van der Waals surface area (Å²) in [7, 11) is 0. The second-order valence-electron chi connectivity index (χ2n) is 6.81. The third-order valence-corrected chi connectivity index (χ3v) is 4.62. The van der Waals surface area contributed by atoms with Crippen LogP contribution in [0.3, 0.4) is 0 Å². The van der Waals surface area contributed by atoms with Crippen LogP contribution >= 0.6 is 0 Å². The van der Waals surface area contributed by atoms with Crippen LogP contribution in [0.5, 0.6) is 5.75 Å². The first-order chi connectivity index (χ1) is 12.6. The number of nitrogens with zero attached hydrogens (tertiary/aromatic N) is 1. The van der Waals surface area contributed by atoms with E-state index in [1.807, 2.05) is 44.2 Å². The molecular weight excluding hydrogens is 329 g/mol. The van der Waals surface area contributed by atoms with E-state index in [1.165, 1.54) is 11.8 Å². The van der Waals surface area contributed by atoms with Crippen molar-refractivity contribution in [3.63, 3.8) is 0 Å². The summed E-state index contributed by atoms with van der Waals surface area (Å²) in [4.78, 5) is 7.67. The fourth-order valence-electron chi connectivity index (χ4n) is 3.47. The van der Waals surface area contributed by atoms with Gasteiger partial charge in [0, 0.05) is 18.7 Å². The lowest BCUT2D eigenvalue weighted by atomic mass is 9.95. The monoisotopic (exact) mass is 351 g/mol. The van der Waals surface area contributed by atoms with Crippen molar-refractivity contribution in [2.45, 2.75) is 32.4 Å². The molecule has 0 radical (unpaired) electrons. The predicted octanol–water partition coefficient (Wildman–Crippen LogP) is 4.24. The lowest BCUT2D eigenvalue weighted by Crippen LogP contribution is -2.30. The highest BCUT2D eigenvalue weighted by Crippen LogP contribution is 2.35. The van der Waals surface area contributed by atoms with Gasteiger partial charge in [-0.15, -0.1) is 0 Å². The Morgan fingerprint density at radius 1 is 1.15 bits per heavy atom. The van der Waals surface area contributed by atoms with Crippen molar-refractivity contribution < 1.29 is 9.13 Å². The van der Waals surface area contributed by atoms with Crippen LogP contribution in [0.25, 0.3) is 11.1 Å². The Labute approximate surface area is 152 Å². The van der Waals surface area contributed by atoms with Gasteiger partial charge in [0.05, 0.1) is 29.7 Å². The van der Waals surface area contributed by atoms with Crippen LogP contribution in [0.1, 0.15) is 36.8 Å². The number of imidazole rings is 1. The molecule has 0 fully saturated rings. The van der Waals surface area contributed by atoms with Crippen LogP contribution in [-0.4, -0.2) is 22.6 Å². The number of nitrogens with one attached hydrogen (secondary N) is 2. The van der Waals surface area contributed by atoms with Crippen molar-refractivity contribution in [2.24, 2.45) is 0 Å². The first-order valence-corrected chi connectivity index (χ1v) is 8.94. The minimum Gasteiger partial charge on any atom is -0.490 e. The first kappa shape index (κ1) is 16.8. The molecule has 0 amide bonds. The largest absolute Gasteiger partial charge is 0.490 e. The van der Waals surface area contributed by atoms with Gasteiger partial charge in [0.2, 0.25) is 0 Å². The van der Waals surface area contributed by atoms with E-state index in [2.05, 4.69) is 15.3 Å². The molecule has 1 aromatic heterocycles. The molecule has 1 aliphatic heterocycles. The van der Waals surface area contributed by atoms with Gasteiger partial charge in [0.25, 0.3) is 0 Å². The molecule has 1 atom stereocenters. The fraction of sp³-hybridized carbons (Fsp3) is 0.286. The zero-order valence-corrected chi connectivity index (χ0v) is 14.9. The molecule has 0 saturated heterocycles. The van der Waals surface area contributed by atoms with Crippen LogP contribution in [-0.2, 0) is 6.42 Å². The number of hydrogen-bond acceptors (Lipinski definition) is 3. The van der Waals surface area contributed by atoms with E-state index in [0.29, 0.717) is 11.3 Å². The Hall–Kier alpha value is -2.66. The van der Waals surface area contributed by atoms with E-state index < -0.39 is 0 Å². The maximum Gasteiger partial charge on any atom is 0.134 e. The molecule has 4 rings (SSSR count). The Morgan fingerprint density at radius 2 is 1.96 bits per heavy atom. The van der Waals surface area contributed by atoms with Gasteiger partial charge in [-0.3, -0.25) is 0 Å². The highest BCUT2D eigenvalue weighted by Gasteiger charge is 2.24. The summed E-state index contributed by atoms with van der Waals surface area (Å²) in [6.45, 7) is 4.78. The SMILES string of the molecule is CC(C)Oc1cccc(F)c1-c1ccc(C2NCCc3[nH]cnc32)cc1. The number of benzene rings is 2. The van der Waals surface area contributed by atoms with Gasteiger partial charge in [-0.05, 0) is 37.1 Å². The van der Waals surface area contributed by atoms with Gasteiger partial charge in [-0.1, -0.05) is 30.3 Å². The Balaban J connectivity index is 1.68. The summed E-state index contributed by atoms with van der Waals surface area (Å²) in [5.74, 6) is 0.291. The summed E-state index contributed by atoms with van der Waals surface area (Å²) < 4.78 is 20.3. The van der Waals surface area contributed by atoms with Gasteiger partial charge >= 0.3 is 0 Å². The first-order valence-electron chi connectivity index (χ1n) is 8.94. The molecule has 2 N–H and O–H groups in total. The maximum atomic E-state index is 14.5. The van der Waals surface area contributed by atoms with Crippen LogP contribution in [0.4, 0.5) is 4.39 Å². The smallest absolute Gasteiger partial charge is 0.134 e. The van der Waals surface area contributed by atoms with Crippen LogP contribution in [0.2, 0.25) is 0 Å². The number of H-pyrrole nitrogens is 1. The molecule has 134 valence electrons. The number of aromatic amines is 1. The standard InChI is InChI=1S/C21H22FN3O/c1-13(2)26-18-5-3-4-16(22)19(18)14-6-8-15(9-7-14)20-21-17(10-11-23-20)24-12-25-21/h3-9,12-13,20,23H,10-11H2,1-2H3,(H,24,25). The third kappa shape index (κ3) is 3.10. The Bertz CT molecular complexity index is 902. The van der Waals surface area contributed by atoms with Crippen molar-refractivity contribution in [3.8, 4) is 16.9 Å². The molecule has 0 bridgehead atoms. The second kappa shape index (κ2) is 6.92. The van der Waals surface area contributed by atoms with Gasteiger partial charge in [-0.2, -0.15) is 0 Å². The number of hydrogen-bond donors (Lipinski definition) is 2. The minimum atomic E-state index is -0.277. The molecule has 3 aromatic rings. The summed E-state index contributed by atoms with van der Waals surface area (Å²) >= 11 is 0. The van der Waals surface area contributed by atoms with E-state index in [1.54, 1.807) is 12.4 Å². The Kier molecular flexibility index (Phi) is 4.47. The number of ether oxygens (including phenoxy) is 1. The van der Waals surface area contributed by atoms with Crippen molar-refractivity contribution in [1.29, 1.82) is 0 Å². The molecule has 0 aliphatic carbocycles. The summed E-state index contributed by atoms with van der Waals surface area (Å²) in [5, 5.41) is 3.50. The van der Waals surface area contributed by atoms with Gasteiger partial charge < -0.3 is 15.0 Å². The van der Waals surface area contributed by atoms with Crippen molar-refractivity contribution in [2.75, 3.05) is 6.54 Å². The van der Waals surface area contributed by atoms with Crippen LogP contribution in [0, 0.1) is 5.82 Å². The molecule has 0 spiro atoms. The third-order valence-electron chi connectivity index (χ3n) is 4.62. The average molecular weight is 351 g/mol. The maximum absolute atomic E-state index is 14.5. The molecule has 0 saturated carbocycles. The number of fused-ring (bicyclic) bond motifs is 1. The average Bonchev–Trinajstić information content (AvgIpc) is 3.10. The molecule has 2 aromatic carbocycles. The number of aromatic nitrogens is 2. The van der Waals surface area contributed by atoms with E-state index in [-0.39, 0.29) is 18.0 Å². The van der Waals surface area contributed by atoms with Crippen molar-refractivity contribution >= 4 is 0 Å². The second-order valence-corrected chi connectivity index (χ2v) is 6.81. The van der Waals surface area contributed by atoms with Crippen molar-refractivity contribution in [3.05, 3.63) is 71.6 Å². The van der Waals surface area contributed by atoms with Crippen LogP contribution in [0.15, 0.2) is 48.8 Å². The molecule has 5 heteroatoms. The molecule has 1 unspecified atom stereocenters. The topological polar surface area (TPSA) is 49.9 Å². The molecule has 4 nitrogen and oxygen atoms in total. The van der Waals surface area contributed by atoms with Gasteiger partial charge in [0.1, 0.15) is 11.6 Å². The number of halogens is 1. The highest BCUT2D eigenvalue weighted by molar-refractivity contribution is 5.71. The van der Waals surface area contributed by atoms with Crippen LogP contribution < -0.4 is 10.1 Å². The lowest BCUT2D eigenvalue weighted by molar-refractivity contribution is 0.242. The zero-order valence-electron chi connectivity index (χ0n) is 14.9. The Morgan fingerprint density at radius 3 is 2.73 bits per heavy atom. The number of rotatable bonds is 4. The quantitative estimate of drug-likeness (QED) is 0.739. The van der Waals surface area contributed by atoms with Gasteiger partial charge in [0.15, 0.2) is 0 Å². The zero-order chi connectivity index (χ0) is 18.1.